The zero-order valence-electron chi connectivity index (χ0n) is 14.2. The Hall–Kier alpha value is -2.61. The Morgan fingerprint density at radius 1 is 1.12 bits per heavy atom. The number of anilines is 1. The van der Waals surface area contributed by atoms with Gasteiger partial charge in [0.1, 0.15) is 5.75 Å². The third-order valence-corrected chi connectivity index (χ3v) is 5.02. The van der Waals surface area contributed by atoms with E-state index in [4.69, 9.17) is 4.74 Å². The summed E-state index contributed by atoms with van der Waals surface area (Å²) in [5.74, 6) is 0.712. The van der Waals surface area contributed by atoms with Crippen molar-refractivity contribution in [1.29, 1.82) is 0 Å². The smallest absolute Gasteiger partial charge is 0.270 e. The van der Waals surface area contributed by atoms with Crippen LogP contribution in [-0.4, -0.2) is 49.0 Å². The number of hydrogen-bond acceptors (Lipinski definition) is 5. The number of methoxy groups -OCH3 is 1. The van der Waals surface area contributed by atoms with Crippen molar-refractivity contribution < 1.29 is 14.5 Å². The fourth-order valence-electron chi connectivity index (χ4n) is 2.93. The monoisotopic (exact) mass is 419 g/mol. The molecule has 1 saturated heterocycles. The summed E-state index contributed by atoms with van der Waals surface area (Å²) in [5.41, 5.74) is 1.58. The Morgan fingerprint density at radius 3 is 2.31 bits per heavy atom. The molecule has 0 atom stereocenters. The predicted octanol–water partition coefficient (Wildman–Crippen LogP) is 3.33. The van der Waals surface area contributed by atoms with Crippen molar-refractivity contribution in [1.82, 2.24) is 4.90 Å². The van der Waals surface area contributed by atoms with Crippen molar-refractivity contribution in [2.75, 3.05) is 38.2 Å². The molecule has 0 unspecified atom stereocenters. The summed E-state index contributed by atoms with van der Waals surface area (Å²) >= 11 is 3.41. The molecular formula is C18H18BrN3O4. The second-order valence-electron chi connectivity index (χ2n) is 5.90. The van der Waals surface area contributed by atoms with Gasteiger partial charge in [0.15, 0.2) is 0 Å². The lowest BCUT2D eigenvalue weighted by Gasteiger charge is -2.36. The number of nitrogens with zero attached hydrogens (tertiary/aromatic N) is 3. The lowest BCUT2D eigenvalue weighted by atomic mass is 10.1. The molecule has 0 radical (unpaired) electrons. The first kappa shape index (κ1) is 18.2. The number of carbonyl (C=O) groups excluding carboxylic acids is 1. The quantitative estimate of drug-likeness (QED) is 0.560. The minimum atomic E-state index is -0.417. The maximum Gasteiger partial charge on any atom is 0.270 e. The molecule has 136 valence electrons. The van der Waals surface area contributed by atoms with E-state index < -0.39 is 4.92 Å². The van der Waals surface area contributed by atoms with Crippen LogP contribution >= 0.6 is 15.9 Å². The number of piperazine rings is 1. The highest BCUT2D eigenvalue weighted by Gasteiger charge is 2.24. The van der Waals surface area contributed by atoms with Crippen LogP contribution in [0.3, 0.4) is 0 Å². The number of ether oxygens (including phenoxy) is 1. The highest BCUT2D eigenvalue weighted by Crippen LogP contribution is 2.31. The first-order valence-electron chi connectivity index (χ1n) is 8.12. The summed E-state index contributed by atoms with van der Waals surface area (Å²) in [6.45, 7) is 2.51. The molecule has 0 N–H and O–H groups in total. The Bertz CT molecular complexity index is 818. The predicted molar refractivity (Wildman–Crippen MR) is 102 cm³/mol. The number of hydrogen-bond donors (Lipinski definition) is 0. The summed E-state index contributed by atoms with van der Waals surface area (Å²) in [5, 5.41) is 10.9. The minimum absolute atomic E-state index is 0.00457. The van der Waals surface area contributed by atoms with Crippen molar-refractivity contribution in [3.63, 3.8) is 0 Å². The fourth-order valence-corrected chi connectivity index (χ4v) is 3.55. The van der Waals surface area contributed by atoms with E-state index in [1.807, 2.05) is 4.90 Å². The van der Waals surface area contributed by atoms with Gasteiger partial charge in [-0.15, -0.1) is 0 Å². The standard InChI is InChI=1S/C18H18BrN3O4/c1-26-15-5-2-13(3-6-15)18(23)21-10-8-20(9-11-21)17-7-4-14(22(24)25)12-16(17)19/h2-7,12H,8-11H2,1H3. The Labute approximate surface area is 159 Å². The highest BCUT2D eigenvalue weighted by molar-refractivity contribution is 9.10. The molecule has 1 heterocycles. The number of amides is 1. The van der Waals surface area contributed by atoms with Crippen LogP contribution in [-0.2, 0) is 0 Å². The van der Waals surface area contributed by atoms with Crippen LogP contribution in [0.1, 0.15) is 10.4 Å². The van der Waals surface area contributed by atoms with Gasteiger partial charge in [-0.25, -0.2) is 0 Å². The number of rotatable bonds is 4. The summed E-state index contributed by atoms with van der Waals surface area (Å²) in [6.07, 6.45) is 0. The molecule has 26 heavy (non-hydrogen) atoms. The van der Waals surface area contributed by atoms with Crippen LogP contribution in [0.4, 0.5) is 11.4 Å². The van der Waals surface area contributed by atoms with Crippen LogP contribution in [0.5, 0.6) is 5.75 Å². The largest absolute Gasteiger partial charge is 0.497 e. The van der Waals surface area contributed by atoms with Crippen molar-refractivity contribution in [3.8, 4) is 5.75 Å². The van der Waals surface area contributed by atoms with Crippen LogP contribution in [0.25, 0.3) is 0 Å². The third-order valence-electron chi connectivity index (χ3n) is 4.39. The number of benzene rings is 2. The van der Waals surface area contributed by atoms with Gasteiger partial charge in [-0.3, -0.25) is 14.9 Å². The second kappa shape index (κ2) is 7.74. The molecule has 1 fully saturated rings. The molecule has 2 aromatic rings. The summed E-state index contributed by atoms with van der Waals surface area (Å²) in [4.78, 5) is 27.0. The number of nitro groups is 1. The van der Waals surface area contributed by atoms with E-state index in [-0.39, 0.29) is 11.6 Å². The van der Waals surface area contributed by atoms with E-state index in [9.17, 15) is 14.9 Å². The van der Waals surface area contributed by atoms with Crippen LogP contribution < -0.4 is 9.64 Å². The number of carbonyl (C=O) groups is 1. The average molecular weight is 420 g/mol. The summed E-state index contributed by atoms with van der Waals surface area (Å²) in [6, 6.07) is 11.8. The Morgan fingerprint density at radius 2 is 1.77 bits per heavy atom. The first-order valence-corrected chi connectivity index (χ1v) is 8.91. The Balaban J connectivity index is 1.65. The SMILES string of the molecule is COc1ccc(C(=O)N2CCN(c3ccc([N+](=O)[O-])cc3Br)CC2)cc1. The van der Waals surface area contributed by atoms with Crippen LogP contribution in [0.2, 0.25) is 0 Å². The molecule has 7 nitrogen and oxygen atoms in total. The lowest BCUT2D eigenvalue weighted by Crippen LogP contribution is -2.48. The van der Waals surface area contributed by atoms with Gasteiger partial charge in [0, 0.05) is 48.3 Å². The fraction of sp³-hybridized carbons (Fsp3) is 0.278. The van der Waals surface area contributed by atoms with Gasteiger partial charge in [0.05, 0.1) is 17.7 Å². The molecule has 1 amide bonds. The van der Waals surface area contributed by atoms with Crippen LogP contribution in [0.15, 0.2) is 46.9 Å². The zero-order chi connectivity index (χ0) is 18.7. The topological polar surface area (TPSA) is 75.9 Å². The van der Waals surface area contributed by atoms with Crippen molar-refractivity contribution >= 4 is 33.2 Å². The normalized spacial score (nSPS) is 14.2. The molecule has 8 heteroatoms. The van der Waals surface area contributed by atoms with Crippen molar-refractivity contribution in [2.24, 2.45) is 0 Å². The lowest BCUT2D eigenvalue weighted by molar-refractivity contribution is -0.384. The molecule has 3 rings (SSSR count). The van der Waals surface area contributed by atoms with Gasteiger partial charge in [-0.2, -0.15) is 0 Å². The zero-order valence-corrected chi connectivity index (χ0v) is 15.8. The molecule has 0 aromatic heterocycles. The number of halogens is 1. The summed E-state index contributed by atoms with van der Waals surface area (Å²) in [7, 11) is 1.59. The van der Waals surface area contributed by atoms with E-state index in [1.54, 1.807) is 37.4 Å². The third kappa shape index (κ3) is 3.80. The average Bonchev–Trinajstić information content (AvgIpc) is 2.67. The maximum atomic E-state index is 12.6. The molecule has 0 aliphatic carbocycles. The molecular weight excluding hydrogens is 402 g/mol. The van der Waals surface area contributed by atoms with Gasteiger partial charge >= 0.3 is 0 Å². The van der Waals surface area contributed by atoms with Gasteiger partial charge in [0.2, 0.25) is 0 Å². The van der Waals surface area contributed by atoms with E-state index in [2.05, 4.69) is 20.8 Å². The van der Waals surface area contributed by atoms with E-state index >= 15 is 0 Å². The van der Waals surface area contributed by atoms with E-state index in [1.165, 1.54) is 12.1 Å². The molecule has 1 aliphatic heterocycles. The van der Waals surface area contributed by atoms with Gasteiger partial charge in [-0.05, 0) is 46.3 Å². The summed E-state index contributed by atoms with van der Waals surface area (Å²) < 4.78 is 5.80. The first-order chi connectivity index (χ1) is 12.5. The molecule has 0 bridgehead atoms. The molecule has 0 saturated carbocycles. The van der Waals surface area contributed by atoms with Crippen molar-refractivity contribution in [2.45, 2.75) is 0 Å². The van der Waals surface area contributed by atoms with Crippen LogP contribution in [0, 0.1) is 10.1 Å². The van der Waals surface area contributed by atoms with Crippen molar-refractivity contribution in [3.05, 3.63) is 62.6 Å². The molecule has 2 aromatic carbocycles. The highest BCUT2D eigenvalue weighted by atomic mass is 79.9. The molecule has 0 spiro atoms. The Kier molecular flexibility index (Phi) is 5.41. The number of nitro benzene ring substituents is 1. The van der Waals surface area contributed by atoms with Gasteiger partial charge in [-0.1, -0.05) is 0 Å². The molecule has 1 aliphatic rings. The maximum absolute atomic E-state index is 12.6. The van der Waals surface area contributed by atoms with Gasteiger partial charge in [0.25, 0.3) is 11.6 Å². The van der Waals surface area contributed by atoms with Gasteiger partial charge < -0.3 is 14.5 Å². The van der Waals surface area contributed by atoms with E-state index in [0.29, 0.717) is 36.2 Å². The number of non-ortho nitro benzene ring substituents is 1. The second-order valence-corrected chi connectivity index (χ2v) is 6.75. The van der Waals surface area contributed by atoms with E-state index in [0.717, 1.165) is 11.4 Å². The minimum Gasteiger partial charge on any atom is -0.497 e.